The number of ether oxygens (including phenoxy) is 2. The maximum Gasteiger partial charge on any atom is 0.244 e. The minimum Gasteiger partial charge on any atom is -0.493 e. The molecule has 1 atom stereocenters. The van der Waals surface area contributed by atoms with E-state index in [1.807, 2.05) is 32.0 Å². The summed E-state index contributed by atoms with van der Waals surface area (Å²) in [5.74, 6) is 1.46. The molecule has 1 aromatic carbocycles. The first kappa shape index (κ1) is 18.2. The van der Waals surface area contributed by atoms with Crippen LogP contribution >= 0.6 is 11.3 Å². The highest BCUT2D eigenvalue weighted by atomic mass is 32.2. The van der Waals surface area contributed by atoms with Crippen molar-refractivity contribution in [3.8, 4) is 11.5 Å². The van der Waals surface area contributed by atoms with Crippen molar-refractivity contribution in [3.63, 3.8) is 0 Å². The maximum absolute atomic E-state index is 13.0. The number of methoxy groups -OCH3 is 2. The van der Waals surface area contributed by atoms with E-state index in [1.54, 1.807) is 24.6 Å². The second kappa shape index (κ2) is 6.97. The molecule has 2 aromatic rings. The van der Waals surface area contributed by atoms with Crippen LogP contribution in [0.15, 0.2) is 29.2 Å². The number of sulfonamides is 1. The Labute approximate surface area is 153 Å². The number of rotatable bonds is 5. The van der Waals surface area contributed by atoms with Crippen molar-refractivity contribution >= 4 is 21.4 Å². The van der Waals surface area contributed by atoms with E-state index in [2.05, 4.69) is 0 Å². The highest BCUT2D eigenvalue weighted by Gasteiger charge is 2.36. The van der Waals surface area contributed by atoms with Gasteiger partial charge in [-0.1, -0.05) is 12.1 Å². The molecule has 0 spiro atoms. The largest absolute Gasteiger partial charge is 0.493 e. The van der Waals surface area contributed by atoms with Gasteiger partial charge in [0.25, 0.3) is 0 Å². The van der Waals surface area contributed by atoms with Gasteiger partial charge in [0.05, 0.1) is 19.1 Å². The Morgan fingerprint density at radius 3 is 2.56 bits per heavy atom. The molecule has 136 valence electrons. The SMILES string of the molecule is COc1cccc(C2CCN(S(=O)(=O)c3cc(C)sc3C)C2)c1OC. The monoisotopic (exact) mass is 381 g/mol. The third-order valence-electron chi connectivity index (χ3n) is 4.64. The first-order valence-electron chi connectivity index (χ1n) is 8.16. The Kier molecular flexibility index (Phi) is 5.09. The van der Waals surface area contributed by atoms with Crippen LogP contribution in [-0.4, -0.2) is 40.0 Å². The van der Waals surface area contributed by atoms with E-state index >= 15 is 0 Å². The molecule has 3 rings (SSSR count). The van der Waals surface area contributed by atoms with Crippen LogP contribution in [0, 0.1) is 13.8 Å². The summed E-state index contributed by atoms with van der Waals surface area (Å²) in [5.41, 5.74) is 0.998. The molecule has 1 aliphatic heterocycles. The fraction of sp³-hybridized carbons (Fsp3) is 0.444. The average molecular weight is 382 g/mol. The smallest absolute Gasteiger partial charge is 0.244 e. The van der Waals surface area contributed by atoms with E-state index in [4.69, 9.17) is 9.47 Å². The van der Waals surface area contributed by atoms with Gasteiger partial charge in [0.2, 0.25) is 10.0 Å². The quantitative estimate of drug-likeness (QED) is 0.795. The molecule has 0 saturated carbocycles. The van der Waals surface area contributed by atoms with Gasteiger partial charge in [-0.3, -0.25) is 0 Å². The molecular formula is C18H23NO4S2. The van der Waals surface area contributed by atoms with E-state index in [9.17, 15) is 8.42 Å². The Bertz CT molecular complexity index is 873. The lowest BCUT2D eigenvalue weighted by Gasteiger charge is -2.19. The number of benzene rings is 1. The Morgan fingerprint density at radius 1 is 1.20 bits per heavy atom. The van der Waals surface area contributed by atoms with Crippen molar-refractivity contribution in [2.75, 3.05) is 27.3 Å². The standard InChI is InChI=1S/C18H23NO4S2/c1-12-10-17(13(2)24-12)25(20,21)19-9-8-14(11-19)15-6-5-7-16(22-3)18(15)23-4/h5-7,10,14H,8-9,11H2,1-4H3. The van der Waals surface area contributed by atoms with Gasteiger partial charge in [-0.2, -0.15) is 4.31 Å². The number of hydrogen-bond acceptors (Lipinski definition) is 5. The van der Waals surface area contributed by atoms with Crippen LogP contribution in [0.3, 0.4) is 0 Å². The van der Waals surface area contributed by atoms with Gasteiger partial charge in [-0.15, -0.1) is 11.3 Å². The second-order valence-corrected chi connectivity index (χ2v) is 9.58. The Hall–Kier alpha value is -1.57. The normalized spacial score (nSPS) is 18.5. The summed E-state index contributed by atoms with van der Waals surface area (Å²) in [6.07, 6.45) is 0.769. The third kappa shape index (κ3) is 3.28. The predicted octanol–water partition coefficient (Wildman–Crippen LogP) is 3.56. The highest BCUT2D eigenvalue weighted by Crippen LogP contribution is 2.40. The van der Waals surface area contributed by atoms with Crippen molar-refractivity contribution in [2.45, 2.75) is 31.1 Å². The van der Waals surface area contributed by atoms with Crippen molar-refractivity contribution in [2.24, 2.45) is 0 Å². The summed E-state index contributed by atoms with van der Waals surface area (Å²) in [6, 6.07) is 7.53. The molecular weight excluding hydrogens is 358 g/mol. The highest BCUT2D eigenvalue weighted by molar-refractivity contribution is 7.89. The minimum absolute atomic E-state index is 0.0971. The molecule has 1 unspecified atom stereocenters. The molecule has 0 bridgehead atoms. The summed E-state index contributed by atoms with van der Waals surface area (Å²) >= 11 is 1.52. The summed E-state index contributed by atoms with van der Waals surface area (Å²) in [7, 11) is -0.234. The number of nitrogens with zero attached hydrogens (tertiary/aromatic N) is 1. The molecule has 1 aromatic heterocycles. The number of thiophene rings is 1. The van der Waals surface area contributed by atoms with E-state index in [-0.39, 0.29) is 5.92 Å². The zero-order valence-corrected chi connectivity index (χ0v) is 16.5. The first-order valence-corrected chi connectivity index (χ1v) is 10.4. The van der Waals surface area contributed by atoms with Gasteiger partial charge >= 0.3 is 0 Å². The molecule has 0 N–H and O–H groups in total. The summed E-state index contributed by atoms with van der Waals surface area (Å²) in [6.45, 7) is 4.77. The first-order chi connectivity index (χ1) is 11.9. The summed E-state index contributed by atoms with van der Waals surface area (Å²) in [4.78, 5) is 2.30. The van der Waals surface area contributed by atoms with Crippen molar-refractivity contribution in [3.05, 3.63) is 39.6 Å². The molecule has 7 heteroatoms. The topological polar surface area (TPSA) is 55.8 Å². The summed E-state index contributed by atoms with van der Waals surface area (Å²) < 4.78 is 38.5. The molecule has 25 heavy (non-hydrogen) atoms. The van der Waals surface area contributed by atoms with E-state index in [0.29, 0.717) is 29.5 Å². The molecule has 5 nitrogen and oxygen atoms in total. The molecule has 2 heterocycles. The summed E-state index contributed by atoms with van der Waals surface area (Å²) in [5, 5.41) is 0. The number of aryl methyl sites for hydroxylation is 2. The lowest BCUT2D eigenvalue weighted by Crippen LogP contribution is -2.28. The predicted molar refractivity (Wildman–Crippen MR) is 99.5 cm³/mol. The van der Waals surface area contributed by atoms with Gasteiger partial charge in [0.1, 0.15) is 0 Å². The van der Waals surface area contributed by atoms with Crippen LogP contribution in [-0.2, 0) is 10.0 Å². The van der Waals surface area contributed by atoms with E-state index < -0.39 is 10.0 Å². The van der Waals surface area contributed by atoms with Gasteiger partial charge in [0, 0.05) is 34.3 Å². The Balaban J connectivity index is 1.89. The lowest BCUT2D eigenvalue weighted by molar-refractivity contribution is 0.349. The van der Waals surface area contributed by atoms with Crippen LogP contribution in [0.4, 0.5) is 0 Å². The molecule has 1 aliphatic rings. The molecule has 0 amide bonds. The third-order valence-corrected chi connectivity index (χ3v) is 7.72. The van der Waals surface area contributed by atoms with Crippen molar-refractivity contribution in [1.82, 2.24) is 4.31 Å². The fourth-order valence-electron chi connectivity index (χ4n) is 3.44. The van der Waals surface area contributed by atoms with Gasteiger partial charge in [-0.25, -0.2) is 8.42 Å². The van der Waals surface area contributed by atoms with Crippen LogP contribution in [0.2, 0.25) is 0 Å². The Morgan fingerprint density at radius 2 is 1.96 bits per heavy atom. The van der Waals surface area contributed by atoms with Crippen LogP contribution in [0.5, 0.6) is 11.5 Å². The van der Waals surface area contributed by atoms with Crippen molar-refractivity contribution < 1.29 is 17.9 Å². The van der Waals surface area contributed by atoms with Crippen molar-refractivity contribution in [1.29, 1.82) is 0 Å². The minimum atomic E-state index is -3.45. The molecule has 1 saturated heterocycles. The van der Waals surface area contributed by atoms with Crippen LogP contribution in [0.25, 0.3) is 0 Å². The lowest BCUT2D eigenvalue weighted by atomic mass is 9.97. The zero-order valence-electron chi connectivity index (χ0n) is 14.9. The average Bonchev–Trinajstić information content (AvgIpc) is 3.21. The van der Waals surface area contributed by atoms with Crippen LogP contribution < -0.4 is 9.47 Å². The molecule has 0 aliphatic carbocycles. The van der Waals surface area contributed by atoms with Gasteiger partial charge in [0.15, 0.2) is 11.5 Å². The van der Waals surface area contributed by atoms with Gasteiger partial charge in [-0.05, 0) is 32.4 Å². The number of hydrogen-bond donors (Lipinski definition) is 0. The van der Waals surface area contributed by atoms with Crippen LogP contribution in [0.1, 0.15) is 27.7 Å². The van der Waals surface area contributed by atoms with E-state index in [1.165, 1.54) is 11.3 Å². The zero-order chi connectivity index (χ0) is 18.2. The second-order valence-electron chi connectivity index (χ2n) is 6.21. The molecule has 1 fully saturated rings. The fourth-order valence-corrected chi connectivity index (χ4v) is 6.46. The van der Waals surface area contributed by atoms with Gasteiger partial charge < -0.3 is 9.47 Å². The van der Waals surface area contributed by atoms with E-state index in [0.717, 1.165) is 21.7 Å². The molecule has 0 radical (unpaired) electrons. The number of para-hydroxylation sites is 1. The maximum atomic E-state index is 13.0.